The zero-order chi connectivity index (χ0) is 13.0. The highest BCUT2D eigenvalue weighted by atomic mass is 16.2. The van der Waals surface area contributed by atoms with Crippen LogP contribution in [0.25, 0.3) is 0 Å². The maximum atomic E-state index is 12.2. The molecule has 1 aromatic rings. The van der Waals surface area contributed by atoms with Gasteiger partial charge >= 0.3 is 0 Å². The number of carbonyl (C=O) groups is 1. The van der Waals surface area contributed by atoms with Gasteiger partial charge in [-0.05, 0) is 44.8 Å². The van der Waals surface area contributed by atoms with Crippen LogP contribution in [-0.4, -0.2) is 47.3 Å². The predicted octanol–water partition coefficient (Wildman–Crippen LogP) is 0.882. The topological polar surface area (TPSA) is 50.2 Å². The molecule has 2 rings (SSSR count). The van der Waals surface area contributed by atoms with Gasteiger partial charge in [-0.3, -0.25) is 9.48 Å². The van der Waals surface area contributed by atoms with Crippen molar-refractivity contribution in [1.82, 2.24) is 20.0 Å². The fourth-order valence-electron chi connectivity index (χ4n) is 2.46. The Labute approximate surface area is 108 Å². The molecule has 0 aliphatic carbocycles. The quantitative estimate of drug-likeness (QED) is 0.863. The van der Waals surface area contributed by atoms with Gasteiger partial charge in [-0.2, -0.15) is 5.10 Å². The molecule has 1 aliphatic rings. The molecule has 100 valence electrons. The lowest BCUT2D eigenvalue weighted by Crippen LogP contribution is -2.39. The lowest BCUT2D eigenvalue weighted by molar-refractivity contribution is 0.0680. The molecule has 1 aromatic heterocycles. The Balaban J connectivity index is 1.84. The molecule has 5 nitrogen and oxygen atoms in total. The van der Waals surface area contributed by atoms with Crippen LogP contribution in [0.2, 0.25) is 0 Å². The number of aryl methyl sites for hydroxylation is 1. The van der Waals surface area contributed by atoms with Crippen molar-refractivity contribution in [3.63, 3.8) is 0 Å². The summed E-state index contributed by atoms with van der Waals surface area (Å²) in [5, 5.41) is 7.35. The first kappa shape index (κ1) is 13.1. The van der Waals surface area contributed by atoms with Crippen molar-refractivity contribution in [2.45, 2.75) is 19.3 Å². The molecule has 0 saturated carbocycles. The zero-order valence-electron chi connectivity index (χ0n) is 11.2. The van der Waals surface area contributed by atoms with Crippen molar-refractivity contribution in [1.29, 1.82) is 0 Å². The van der Waals surface area contributed by atoms with E-state index in [2.05, 4.69) is 10.4 Å². The number of carbonyl (C=O) groups excluding carboxylic acids is 1. The molecule has 2 heterocycles. The summed E-state index contributed by atoms with van der Waals surface area (Å²) in [6.07, 6.45) is 5.25. The van der Waals surface area contributed by atoms with E-state index >= 15 is 0 Å². The number of nitrogens with one attached hydrogen (secondary N) is 1. The van der Waals surface area contributed by atoms with Crippen molar-refractivity contribution in [2.75, 3.05) is 26.7 Å². The smallest absolute Gasteiger partial charge is 0.274 e. The van der Waals surface area contributed by atoms with E-state index in [1.54, 1.807) is 10.7 Å². The van der Waals surface area contributed by atoms with E-state index in [4.69, 9.17) is 0 Å². The van der Waals surface area contributed by atoms with Gasteiger partial charge in [0.25, 0.3) is 5.91 Å². The van der Waals surface area contributed by atoms with E-state index in [1.165, 1.54) is 6.42 Å². The maximum absolute atomic E-state index is 12.2. The molecular weight excluding hydrogens is 228 g/mol. The van der Waals surface area contributed by atoms with E-state index in [0.717, 1.165) is 38.4 Å². The van der Waals surface area contributed by atoms with Crippen LogP contribution in [-0.2, 0) is 7.05 Å². The van der Waals surface area contributed by atoms with Gasteiger partial charge in [0.05, 0.1) is 0 Å². The van der Waals surface area contributed by atoms with Crippen LogP contribution in [0.4, 0.5) is 0 Å². The fourth-order valence-corrected chi connectivity index (χ4v) is 2.46. The Morgan fingerprint density at radius 2 is 2.22 bits per heavy atom. The van der Waals surface area contributed by atoms with Gasteiger partial charge in [-0.1, -0.05) is 0 Å². The highest BCUT2D eigenvalue weighted by Gasteiger charge is 2.24. The summed E-state index contributed by atoms with van der Waals surface area (Å²) in [5.41, 5.74) is 0.561. The van der Waals surface area contributed by atoms with Crippen molar-refractivity contribution in [3.05, 3.63) is 18.0 Å². The monoisotopic (exact) mass is 250 g/mol. The van der Waals surface area contributed by atoms with Crippen LogP contribution in [0, 0.1) is 5.92 Å². The van der Waals surface area contributed by atoms with Gasteiger partial charge in [0.1, 0.15) is 5.69 Å². The molecule has 1 fully saturated rings. The minimum absolute atomic E-state index is 0.0719. The molecule has 0 aromatic carbocycles. The third-order valence-electron chi connectivity index (χ3n) is 3.64. The summed E-state index contributed by atoms with van der Waals surface area (Å²) >= 11 is 0. The normalized spacial score (nSPS) is 17.1. The lowest BCUT2D eigenvalue weighted by atomic mass is 9.93. The summed E-state index contributed by atoms with van der Waals surface area (Å²) in [6.45, 7) is 2.80. The lowest BCUT2D eigenvalue weighted by Gasteiger charge is -2.31. The van der Waals surface area contributed by atoms with Gasteiger partial charge < -0.3 is 10.2 Å². The minimum atomic E-state index is 0.0719. The average Bonchev–Trinajstić information content (AvgIpc) is 2.83. The van der Waals surface area contributed by atoms with Gasteiger partial charge in [0, 0.05) is 26.3 Å². The number of piperidine rings is 1. The number of hydrogen-bond acceptors (Lipinski definition) is 3. The van der Waals surface area contributed by atoms with Gasteiger partial charge in [-0.25, -0.2) is 0 Å². The van der Waals surface area contributed by atoms with Crippen molar-refractivity contribution in [3.8, 4) is 0 Å². The third kappa shape index (κ3) is 3.10. The number of hydrogen-bond donors (Lipinski definition) is 1. The van der Waals surface area contributed by atoms with Crippen molar-refractivity contribution in [2.24, 2.45) is 13.0 Å². The summed E-state index contributed by atoms with van der Waals surface area (Å²) in [6, 6.07) is 1.79. The molecule has 5 heteroatoms. The predicted molar refractivity (Wildman–Crippen MR) is 70.4 cm³/mol. The van der Waals surface area contributed by atoms with E-state index in [9.17, 15) is 4.79 Å². The Morgan fingerprint density at radius 3 is 2.78 bits per heavy atom. The van der Waals surface area contributed by atoms with Crippen molar-refractivity contribution < 1.29 is 4.79 Å². The molecule has 1 aliphatic heterocycles. The average molecular weight is 250 g/mol. The second-order valence-electron chi connectivity index (χ2n) is 5.00. The van der Waals surface area contributed by atoms with Crippen LogP contribution >= 0.6 is 0 Å². The Morgan fingerprint density at radius 1 is 1.50 bits per heavy atom. The first-order chi connectivity index (χ1) is 8.70. The van der Waals surface area contributed by atoms with Gasteiger partial charge in [-0.15, -0.1) is 0 Å². The van der Waals surface area contributed by atoms with E-state index < -0.39 is 0 Å². The Hall–Kier alpha value is -1.36. The van der Waals surface area contributed by atoms with Crippen LogP contribution in [0.15, 0.2) is 12.3 Å². The molecule has 0 radical (unpaired) electrons. The molecule has 0 unspecified atom stereocenters. The number of rotatable bonds is 4. The summed E-state index contributed by atoms with van der Waals surface area (Å²) in [7, 11) is 3.82. The second kappa shape index (κ2) is 6.00. The maximum Gasteiger partial charge on any atom is 0.274 e. The van der Waals surface area contributed by atoms with Gasteiger partial charge in [0.15, 0.2) is 0 Å². The van der Waals surface area contributed by atoms with E-state index in [1.807, 2.05) is 25.2 Å². The van der Waals surface area contributed by atoms with Crippen LogP contribution < -0.4 is 5.32 Å². The highest BCUT2D eigenvalue weighted by molar-refractivity contribution is 5.92. The zero-order valence-corrected chi connectivity index (χ0v) is 11.2. The fraction of sp³-hybridized carbons (Fsp3) is 0.692. The SMILES string of the molecule is CNCCC1CCN(C(=O)c2ccn(C)n2)CC1. The van der Waals surface area contributed by atoms with Gasteiger partial charge in [0.2, 0.25) is 0 Å². The number of aromatic nitrogens is 2. The standard InChI is InChI=1S/C13H22N4O/c1-14-7-3-11-4-9-17(10-5-11)13(18)12-6-8-16(2)15-12/h6,8,11,14H,3-5,7,9-10H2,1-2H3. The van der Waals surface area contributed by atoms with Crippen LogP contribution in [0.1, 0.15) is 29.8 Å². The number of amides is 1. The molecule has 0 bridgehead atoms. The summed E-state index contributed by atoms with van der Waals surface area (Å²) < 4.78 is 1.67. The number of likely N-dealkylation sites (tertiary alicyclic amines) is 1. The molecule has 1 saturated heterocycles. The first-order valence-corrected chi connectivity index (χ1v) is 6.64. The molecule has 1 N–H and O–H groups in total. The van der Waals surface area contributed by atoms with E-state index in [-0.39, 0.29) is 5.91 Å². The molecule has 0 spiro atoms. The second-order valence-corrected chi connectivity index (χ2v) is 5.00. The highest BCUT2D eigenvalue weighted by Crippen LogP contribution is 2.21. The molecular formula is C13H22N4O. The van der Waals surface area contributed by atoms with Crippen LogP contribution in [0.5, 0.6) is 0 Å². The van der Waals surface area contributed by atoms with E-state index in [0.29, 0.717) is 5.69 Å². The molecule has 1 amide bonds. The first-order valence-electron chi connectivity index (χ1n) is 6.64. The summed E-state index contributed by atoms with van der Waals surface area (Å²) in [5.74, 6) is 0.827. The largest absolute Gasteiger partial charge is 0.337 e. The van der Waals surface area contributed by atoms with Crippen molar-refractivity contribution >= 4 is 5.91 Å². The molecule has 0 atom stereocenters. The molecule has 18 heavy (non-hydrogen) atoms. The Kier molecular flexibility index (Phi) is 4.36. The Bertz CT molecular complexity index is 393. The van der Waals surface area contributed by atoms with Crippen LogP contribution in [0.3, 0.4) is 0 Å². The summed E-state index contributed by atoms with van der Waals surface area (Å²) in [4.78, 5) is 14.1. The third-order valence-corrected chi connectivity index (χ3v) is 3.64. The number of nitrogens with zero attached hydrogens (tertiary/aromatic N) is 3. The minimum Gasteiger partial charge on any atom is -0.337 e.